The van der Waals surface area contributed by atoms with E-state index in [0.29, 0.717) is 25.9 Å². The van der Waals surface area contributed by atoms with Crippen LogP contribution in [0, 0.1) is 0 Å². The predicted octanol–water partition coefficient (Wildman–Crippen LogP) is 16.7. The maximum absolute atomic E-state index is 12.4. The minimum Gasteiger partial charge on any atom is -0.466 e. The number of aliphatic hydroxyl groups excluding tert-OH is 2. The first-order valence-electron chi connectivity index (χ1n) is 27.6. The Labute approximate surface area is 386 Å². The summed E-state index contributed by atoms with van der Waals surface area (Å²) in [6.45, 7) is 4.90. The fraction of sp³-hybridized carbons (Fsp3) is 0.893. The number of carbonyl (C=O) groups excluding carboxylic acids is 2. The van der Waals surface area contributed by atoms with E-state index < -0.39 is 12.1 Å². The minimum atomic E-state index is -0.672. The maximum atomic E-state index is 12.4. The molecule has 0 saturated carbocycles. The number of rotatable bonds is 51. The van der Waals surface area contributed by atoms with Gasteiger partial charge in [0.15, 0.2) is 0 Å². The highest BCUT2D eigenvalue weighted by atomic mass is 16.5. The molecule has 1 amide bonds. The van der Waals surface area contributed by atoms with E-state index in [0.717, 1.165) is 57.8 Å². The molecule has 2 unspecified atom stereocenters. The van der Waals surface area contributed by atoms with Gasteiger partial charge in [0.25, 0.3) is 0 Å². The first-order chi connectivity index (χ1) is 30.5. The zero-order chi connectivity index (χ0) is 45.1. The molecule has 0 aromatic rings. The highest BCUT2D eigenvalue weighted by Gasteiger charge is 2.20. The molecule has 0 heterocycles. The molecule has 0 rings (SSSR count). The number of nitrogens with one attached hydrogen (secondary N) is 1. The zero-order valence-electron chi connectivity index (χ0n) is 41.6. The Morgan fingerprint density at radius 2 is 0.806 bits per heavy atom. The summed E-state index contributed by atoms with van der Waals surface area (Å²) >= 11 is 0. The van der Waals surface area contributed by atoms with E-state index in [9.17, 15) is 19.8 Å². The second-order valence-electron chi connectivity index (χ2n) is 18.9. The molecular weight excluding hydrogens is 767 g/mol. The lowest BCUT2D eigenvalue weighted by Gasteiger charge is -2.22. The number of aliphatic hydroxyl groups is 2. The molecule has 0 spiro atoms. The summed E-state index contributed by atoms with van der Waals surface area (Å²) in [5, 5.41) is 23.2. The van der Waals surface area contributed by atoms with Gasteiger partial charge in [-0.25, -0.2) is 0 Å². The number of carbonyl (C=O) groups is 2. The van der Waals surface area contributed by atoms with E-state index >= 15 is 0 Å². The molecule has 0 aliphatic rings. The van der Waals surface area contributed by atoms with Gasteiger partial charge in [-0.05, 0) is 57.8 Å². The molecule has 0 aliphatic carbocycles. The van der Waals surface area contributed by atoms with Gasteiger partial charge in [0, 0.05) is 12.8 Å². The van der Waals surface area contributed by atoms with Crippen LogP contribution in [-0.2, 0) is 14.3 Å². The summed E-state index contributed by atoms with van der Waals surface area (Å²) in [5.41, 5.74) is 0. The van der Waals surface area contributed by atoms with Gasteiger partial charge in [-0.15, -0.1) is 0 Å². The lowest BCUT2D eigenvalue weighted by atomic mass is 10.0. The predicted molar refractivity (Wildman–Crippen MR) is 269 cm³/mol. The molecule has 0 radical (unpaired) electrons. The molecule has 0 saturated heterocycles. The van der Waals surface area contributed by atoms with Crippen molar-refractivity contribution >= 4 is 11.9 Å². The molecule has 6 heteroatoms. The topological polar surface area (TPSA) is 95.9 Å². The van der Waals surface area contributed by atoms with Gasteiger partial charge in [0.2, 0.25) is 5.91 Å². The van der Waals surface area contributed by atoms with Crippen molar-refractivity contribution in [3.05, 3.63) is 24.3 Å². The second kappa shape index (κ2) is 52.0. The van der Waals surface area contributed by atoms with Crippen molar-refractivity contribution in [1.82, 2.24) is 5.32 Å². The van der Waals surface area contributed by atoms with Crippen molar-refractivity contribution in [3.63, 3.8) is 0 Å². The Morgan fingerprint density at radius 3 is 1.26 bits per heavy atom. The van der Waals surface area contributed by atoms with Crippen LogP contribution in [0.4, 0.5) is 0 Å². The van der Waals surface area contributed by atoms with Crippen LogP contribution in [0.1, 0.15) is 296 Å². The van der Waals surface area contributed by atoms with Gasteiger partial charge in [-0.1, -0.05) is 250 Å². The smallest absolute Gasteiger partial charge is 0.305 e. The summed E-state index contributed by atoms with van der Waals surface area (Å²) < 4.78 is 5.48. The van der Waals surface area contributed by atoms with Crippen LogP contribution in [0.5, 0.6) is 0 Å². The Morgan fingerprint density at radius 1 is 0.452 bits per heavy atom. The van der Waals surface area contributed by atoms with Crippen LogP contribution >= 0.6 is 0 Å². The summed E-state index contributed by atoms with van der Waals surface area (Å²) in [5.74, 6) is -0.0567. The van der Waals surface area contributed by atoms with E-state index in [1.165, 1.54) is 205 Å². The third-order valence-electron chi connectivity index (χ3n) is 12.8. The Bertz CT molecular complexity index is 966. The lowest BCUT2D eigenvalue weighted by molar-refractivity contribution is -0.143. The van der Waals surface area contributed by atoms with Crippen LogP contribution < -0.4 is 5.32 Å². The number of hydrogen-bond donors (Lipinski definition) is 3. The number of amides is 1. The van der Waals surface area contributed by atoms with E-state index in [1.54, 1.807) is 0 Å². The van der Waals surface area contributed by atoms with Crippen LogP contribution in [0.2, 0.25) is 0 Å². The summed E-state index contributed by atoms with van der Waals surface area (Å²) in [6, 6.07) is -0.550. The van der Waals surface area contributed by atoms with Crippen molar-refractivity contribution in [3.8, 4) is 0 Å². The normalized spacial score (nSPS) is 12.8. The van der Waals surface area contributed by atoms with Gasteiger partial charge < -0.3 is 20.3 Å². The lowest BCUT2D eigenvalue weighted by Crippen LogP contribution is -2.45. The molecule has 3 N–H and O–H groups in total. The summed E-state index contributed by atoms with van der Waals surface area (Å²) in [4.78, 5) is 24.5. The molecule has 0 fully saturated rings. The molecule has 0 bridgehead atoms. The average Bonchev–Trinajstić information content (AvgIpc) is 3.27. The fourth-order valence-corrected chi connectivity index (χ4v) is 8.49. The van der Waals surface area contributed by atoms with Crippen LogP contribution in [0.15, 0.2) is 24.3 Å². The molecule has 366 valence electrons. The van der Waals surface area contributed by atoms with Crippen LogP contribution in [0.3, 0.4) is 0 Å². The summed E-state index contributed by atoms with van der Waals surface area (Å²) in [6.07, 6.45) is 61.5. The average molecular weight is 874 g/mol. The monoisotopic (exact) mass is 874 g/mol. The third-order valence-corrected chi connectivity index (χ3v) is 12.8. The number of allylic oxidation sites excluding steroid dienone is 4. The zero-order valence-corrected chi connectivity index (χ0v) is 41.6. The van der Waals surface area contributed by atoms with E-state index in [4.69, 9.17) is 4.74 Å². The highest BCUT2D eigenvalue weighted by molar-refractivity contribution is 5.76. The number of hydrogen-bond acceptors (Lipinski definition) is 5. The number of unbranched alkanes of at least 4 members (excludes halogenated alkanes) is 36. The molecule has 62 heavy (non-hydrogen) atoms. The Balaban J connectivity index is 3.43. The first kappa shape index (κ1) is 60.3. The molecule has 0 aliphatic heterocycles. The minimum absolute atomic E-state index is 0.00906. The van der Waals surface area contributed by atoms with Crippen molar-refractivity contribution in [1.29, 1.82) is 0 Å². The van der Waals surface area contributed by atoms with Crippen molar-refractivity contribution in [2.24, 2.45) is 0 Å². The SMILES string of the molecule is CCCCC/C=C\C/C=C\CCCCCCCCCCCC(=O)OCCCCCCCCCCCCCCCC(=O)NC(CO)C(O)CCCCCCCCCCCCCCC. The standard InChI is InChI=1S/C56H107NO5/c1-3-5-7-9-11-13-15-17-18-19-20-21-22-26-30-34-38-42-46-50-56(61)62-51-47-43-39-35-31-27-23-25-29-33-37-41-45-49-55(60)57-53(52-58)54(59)48-44-40-36-32-28-24-16-14-12-10-8-6-4-2/h11,13,17-18,53-54,58-59H,3-10,12,14-16,19-52H2,1-2H3,(H,57,60)/b13-11-,18-17-. The molecule has 0 aromatic heterocycles. The van der Waals surface area contributed by atoms with Crippen LogP contribution in [-0.4, -0.2) is 47.4 Å². The maximum Gasteiger partial charge on any atom is 0.305 e. The van der Waals surface area contributed by atoms with Crippen molar-refractivity contribution in [2.45, 2.75) is 309 Å². The van der Waals surface area contributed by atoms with E-state index in [2.05, 4.69) is 43.5 Å². The largest absolute Gasteiger partial charge is 0.466 e. The summed E-state index contributed by atoms with van der Waals surface area (Å²) in [7, 11) is 0. The number of esters is 1. The van der Waals surface area contributed by atoms with Gasteiger partial charge in [-0.3, -0.25) is 9.59 Å². The second-order valence-corrected chi connectivity index (χ2v) is 18.9. The van der Waals surface area contributed by atoms with E-state index in [-0.39, 0.29) is 18.5 Å². The molecule has 0 aromatic carbocycles. The third kappa shape index (κ3) is 47.8. The molecule has 6 nitrogen and oxygen atoms in total. The van der Waals surface area contributed by atoms with Crippen LogP contribution in [0.25, 0.3) is 0 Å². The van der Waals surface area contributed by atoms with Gasteiger partial charge in [-0.2, -0.15) is 0 Å². The first-order valence-corrected chi connectivity index (χ1v) is 27.6. The molecule has 2 atom stereocenters. The fourth-order valence-electron chi connectivity index (χ4n) is 8.49. The van der Waals surface area contributed by atoms with Gasteiger partial charge in [0.05, 0.1) is 25.4 Å². The number of ether oxygens (including phenoxy) is 1. The highest BCUT2D eigenvalue weighted by Crippen LogP contribution is 2.17. The van der Waals surface area contributed by atoms with E-state index in [1.807, 2.05) is 0 Å². The molecular formula is C56H107NO5. The Hall–Kier alpha value is -1.66. The Kier molecular flexibility index (Phi) is 50.6. The van der Waals surface area contributed by atoms with Crippen molar-refractivity contribution in [2.75, 3.05) is 13.2 Å². The quantitative estimate of drug-likeness (QED) is 0.0321. The van der Waals surface area contributed by atoms with Crippen molar-refractivity contribution < 1.29 is 24.5 Å². The van der Waals surface area contributed by atoms with Gasteiger partial charge in [0.1, 0.15) is 0 Å². The van der Waals surface area contributed by atoms with Gasteiger partial charge >= 0.3 is 5.97 Å².